The van der Waals surface area contributed by atoms with Crippen molar-refractivity contribution in [2.75, 3.05) is 13.2 Å². The van der Waals surface area contributed by atoms with Crippen molar-refractivity contribution in [2.45, 2.75) is 6.42 Å². The Morgan fingerprint density at radius 2 is 1.22 bits per heavy atom. The molecule has 27 heavy (non-hydrogen) atoms. The maximum absolute atomic E-state index is 6.61. The Labute approximate surface area is 161 Å². The average molecular weight is 374 g/mol. The third-order valence-electron chi connectivity index (χ3n) is 4.87. The van der Waals surface area contributed by atoms with E-state index < -0.39 is 8.32 Å². The Hall–Kier alpha value is -2.66. The number of hydrogen-bond donors (Lipinski definition) is 1. The van der Waals surface area contributed by atoms with Crippen LogP contribution in [0.1, 0.15) is 6.42 Å². The van der Waals surface area contributed by atoms with E-state index in [-0.39, 0.29) is 0 Å². The summed E-state index contributed by atoms with van der Waals surface area (Å²) in [5.74, 6) is 0. The monoisotopic (exact) mass is 373 g/mol. The zero-order chi connectivity index (χ0) is 18.4. The number of hydrogen-bond acceptors (Lipinski definition) is 3. The van der Waals surface area contributed by atoms with E-state index in [2.05, 4.69) is 78.3 Å². The lowest BCUT2D eigenvalue weighted by atomic mass is 10.3. The third-order valence-corrected chi connectivity index (χ3v) is 8.73. The van der Waals surface area contributed by atoms with E-state index in [0.29, 0.717) is 6.61 Å². The second kappa shape index (κ2) is 8.35. The molecule has 136 valence electrons. The van der Waals surface area contributed by atoms with Crippen LogP contribution in [0.2, 0.25) is 0 Å². The van der Waals surface area contributed by atoms with Crippen LogP contribution in [0.4, 0.5) is 0 Å². The first-order chi connectivity index (χ1) is 13.4. The summed E-state index contributed by atoms with van der Waals surface area (Å²) in [6.45, 7) is 1.46. The molecule has 4 heteroatoms. The van der Waals surface area contributed by atoms with Crippen LogP contribution in [0.25, 0.3) is 0 Å². The number of ether oxygens (including phenoxy) is 1. The number of rotatable bonds is 6. The van der Waals surface area contributed by atoms with Gasteiger partial charge in [0.15, 0.2) is 0 Å². The molecule has 1 heterocycles. The van der Waals surface area contributed by atoms with E-state index in [4.69, 9.17) is 9.26 Å². The van der Waals surface area contributed by atoms with Crippen LogP contribution in [-0.2, 0) is 9.26 Å². The highest BCUT2D eigenvalue weighted by Crippen LogP contribution is 2.11. The molecule has 4 rings (SSSR count). The van der Waals surface area contributed by atoms with Gasteiger partial charge in [-0.25, -0.2) is 0 Å². The van der Waals surface area contributed by atoms with Gasteiger partial charge in [0.05, 0.1) is 13.2 Å². The number of hydroxylamine groups is 1. The fraction of sp³-hybridized carbons (Fsp3) is 0.130. The van der Waals surface area contributed by atoms with Crippen molar-refractivity contribution < 1.29 is 9.26 Å². The van der Waals surface area contributed by atoms with Gasteiger partial charge in [0.2, 0.25) is 0 Å². The van der Waals surface area contributed by atoms with Crippen LogP contribution < -0.4 is 21.0 Å². The highest BCUT2D eigenvalue weighted by atomic mass is 28.4. The smallest absolute Gasteiger partial charge is 0.321 e. The molecule has 0 saturated carbocycles. The molecule has 0 radical (unpaired) electrons. The predicted molar refractivity (Wildman–Crippen MR) is 112 cm³/mol. The lowest BCUT2D eigenvalue weighted by molar-refractivity contribution is 0.203. The second-order valence-electron chi connectivity index (χ2n) is 6.60. The first-order valence-electron chi connectivity index (χ1n) is 9.25. The first kappa shape index (κ1) is 17.7. The molecule has 1 saturated heterocycles. The van der Waals surface area contributed by atoms with Crippen molar-refractivity contribution in [2.24, 2.45) is 0 Å². The Morgan fingerprint density at radius 1 is 0.741 bits per heavy atom. The summed E-state index contributed by atoms with van der Waals surface area (Å²) in [5, 5.41) is 3.61. The van der Waals surface area contributed by atoms with Crippen LogP contribution in [0, 0.1) is 0 Å². The summed E-state index contributed by atoms with van der Waals surface area (Å²) in [4.78, 5) is 0. The Balaban J connectivity index is 1.82. The maximum atomic E-state index is 6.61. The zero-order valence-corrected chi connectivity index (χ0v) is 16.2. The molecule has 1 aliphatic heterocycles. The minimum atomic E-state index is -2.69. The molecule has 0 amide bonds. The van der Waals surface area contributed by atoms with Crippen molar-refractivity contribution in [1.29, 1.82) is 0 Å². The molecule has 1 N–H and O–H groups in total. The predicted octanol–water partition coefficient (Wildman–Crippen LogP) is 2.48. The molecule has 3 nitrogen and oxygen atoms in total. The van der Waals surface area contributed by atoms with Crippen LogP contribution in [-0.4, -0.2) is 21.5 Å². The SMILES string of the molecule is C(NO[Si](c1ccccc1)(c1ccccc1)c1ccccc1)=C1CCOC1. The standard InChI is InChI=1S/C23H23NO2Si/c1-4-10-21(11-5-1)27(22-12-6-2-7-13-22,23-14-8-3-9-15-23)26-24-18-20-16-17-25-19-20/h1-15,18,24H,16-17,19H2. The highest BCUT2D eigenvalue weighted by Gasteiger charge is 2.43. The van der Waals surface area contributed by atoms with E-state index in [1.165, 1.54) is 21.1 Å². The lowest BCUT2D eigenvalue weighted by Gasteiger charge is -2.32. The van der Waals surface area contributed by atoms with Gasteiger partial charge in [-0.15, -0.1) is 0 Å². The molecule has 1 fully saturated rings. The van der Waals surface area contributed by atoms with Gasteiger partial charge in [-0.1, -0.05) is 91.0 Å². The van der Waals surface area contributed by atoms with Crippen molar-refractivity contribution in [3.8, 4) is 0 Å². The molecular formula is C23H23NO2Si. The summed E-state index contributed by atoms with van der Waals surface area (Å²) >= 11 is 0. The minimum Gasteiger partial charge on any atom is -0.377 e. The largest absolute Gasteiger partial charge is 0.377 e. The topological polar surface area (TPSA) is 30.5 Å². The van der Waals surface area contributed by atoms with Crippen LogP contribution in [0.5, 0.6) is 0 Å². The van der Waals surface area contributed by atoms with Crippen LogP contribution in [0.3, 0.4) is 0 Å². The molecule has 0 spiro atoms. The van der Waals surface area contributed by atoms with Crippen molar-refractivity contribution in [1.82, 2.24) is 5.48 Å². The van der Waals surface area contributed by atoms with Crippen LogP contribution >= 0.6 is 0 Å². The number of benzene rings is 3. The van der Waals surface area contributed by atoms with Gasteiger partial charge in [-0.3, -0.25) is 5.48 Å². The summed E-state index contributed by atoms with van der Waals surface area (Å²) in [5.41, 5.74) is 4.41. The summed E-state index contributed by atoms with van der Waals surface area (Å²) in [6.07, 6.45) is 2.91. The summed E-state index contributed by atoms with van der Waals surface area (Å²) in [6, 6.07) is 31.6. The summed E-state index contributed by atoms with van der Waals surface area (Å²) in [7, 11) is -2.69. The minimum absolute atomic E-state index is 0.674. The average Bonchev–Trinajstić information content (AvgIpc) is 3.27. The van der Waals surface area contributed by atoms with Crippen molar-refractivity contribution in [3.05, 3.63) is 103 Å². The Morgan fingerprint density at radius 3 is 1.63 bits per heavy atom. The fourth-order valence-electron chi connectivity index (χ4n) is 3.49. The van der Waals surface area contributed by atoms with Gasteiger partial charge in [0.1, 0.15) is 0 Å². The fourth-order valence-corrected chi connectivity index (χ4v) is 7.06. The Bertz CT molecular complexity index is 777. The van der Waals surface area contributed by atoms with E-state index >= 15 is 0 Å². The van der Waals surface area contributed by atoms with E-state index in [0.717, 1.165) is 13.0 Å². The van der Waals surface area contributed by atoms with E-state index in [1.807, 2.05) is 24.4 Å². The molecule has 0 aliphatic carbocycles. The lowest BCUT2D eigenvalue weighted by Crippen LogP contribution is -2.70. The van der Waals surface area contributed by atoms with Gasteiger partial charge >= 0.3 is 8.32 Å². The van der Waals surface area contributed by atoms with E-state index in [1.54, 1.807) is 0 Å². The second-order valence-corrected chi connectivity index (χ2v) is 9.90. The van der Waals surface area contributed by atoms with Crippen LogP contribution in [0.15, 0.2) is 103 Å². The quantitative estimate of drug-likeness (QED) is 0.409. The number of nitrogens with one attached hydrogen (secondary N) is 1. The molecule has 3 aromatic rings. The molecule has 0 aromatic heterocycles. The van der Waals surface area contributed by atoms with Crippen molar-refractivity contribution >= 4 is 23.9 Å². The van der Waals surface area contributed by atoms with Gasteiger partial charge < -0.3 is 9.26 Å². The van der Waals surface area contributed by atoms with Gasteiger partial charge in [-0.05, 0) is 27.6 Å². The molecule has 0 unspecified atom stereocenters. The zero-order valence-electron chi connectivity index (χ0n) is 15.2. The molecule has 0 atom stereocenters. The molecule has 1 aliphatic rings. The van der Waals surface area contributed by atoms with E-state index in [9.17, 15) is 0 Å². The molecule has 0 bridgehead atoms. The molecule has 3 aromatic carbocycles. The third kappa shape index (κ3) is 3.73. The van der Waals surface area contributed by atoms with Gasteiger partial charge in [-0.2, -0.15) is 0 Å². The Kier molecular flexibility index (Phi) is 5.49. The van der Waals surface area contributed by atoms with Crippen molar-refractivity contribution in [3.63, 3.8) is 0 Å². The van der Waals surface area contributed by atoms with Gasteiger partial charge in [0, 0.05) is 6.20 Å². The normalized spacial score (nSPS) is 15.8. The van der Waals surface area contributed by atoms with Gasteiger partial charge in [0.25, 0.3) is 0 Å². The molecular weight excluding hydrogens is 350 g/mol. The summed E-state index contributed by atoms with van der Waals surface area (Å²) < 4.78 is 12.0. The first-order valence-corrected chi connectivity index (χ1v) is 11.2. The maximum Gasteiger partial charge on any atom is 0.321 e. The highest BCUT2D eigenvalue weighted by molar-refractivity contribution is 7.07.